The maximum Gasteiger partial charge on any atom is 0.362 e. The van der Waals surface area contributed by atoms with Crippen LogP contribution in [0, 0.1) is 0 Å². The van der Waals surface area contributed by atoms with Crippen molar-refractivity contribution in [2.45, 2.75) is 64.3 Å². The van der Waals surface area contributed by atoms with Gasteiger partial charge in [0.2, 0.25) is 0 Å². The number of para-hydroxylation sites is 1. The molecule has 0 amide bonds. The Morgan fingerprint density at radius 2 is 1.56 bits per heavy atom. The van der Waals surface area contributed by atoms with Crippen LogP contribution < -0.4 is 4.74 Å². The number of hydrogen-bond acceptors (Lipinski definition) is 2. The predicted molar refractivity (Wildman–Crippen MR) is 103 cm³/mol. The van der Waals surface area contributed by atoms with Crippen LogP contribution >= 0.6 is 0 Å². The lowest BCUT2D eigenvalue weighted by molar-refractivity contribution is -0.905. The molecule has 0 saturated carbocycles. The molecule has 0 heterocycles. The third-order valence-corrected chi connectivity index (χ3v) is 5.08. The summed E-state index contributed by atoms with van der Waals surface area (Å²) in [6, 6.07) is 9.68. The molecule has 0 fully saturated rings. The molecule has 142 valence electrons. The van der Waals surface area contributed by atoms with E-state index in [0.717, 1.165) is 44.6 Å². The molecular weight excluding hydrogens is 314 g/mol. The van der Waals surface area contributed by atoms with Crippen LogP contribution in [0.5, 0.6) is 5.75 Å². The van der Waals surface area contributed by atoms with Crippen molar-refractivity contribution in [1.29, 1.82) is 0 Å². The molecule has 0 saturated heterocycles. The Bertz CT molecular complexity index is 473. The zero-order chi connectivity index (χ0) is 18.5. The molecule has 1 aromatic carbocycles. The number of carbonyl (C=O) groups is 1. The highest BCUT2D eigenvalue weighted by Gasteiger charge is 2.32. The SMILES string of the molecule is CC[N+](C)(C)C(CCCCCCCCCOc1ccccc1)C(=O)O. The van der Waals surface area contributed by atoms with Crippen molar-refractivity contribution in [3.63, 3.8) is 0 Å². The number of nitrogens with zero attached hydrogens (tertiary/aromatic N) is 1. The Labute approximate surface area is 153 Å². The maximum absolute atomic E-state index is 11.4. The summed E-state index contributed by atoms with van der Waals surface area (Å²) in [5.41, 5.74) is 0. The molecule has 1 rings (SSSR count). The minimum Gasteiger partial charge on any atom is -0.494 e. The molecule has 0 aliphatic rings. The molecule has 25 heavy (non-hydrogen) atoms. The fraction of sp³-hybridized carbons (Fsp3) is 0.667. The fourth-order valence-electron chi connectivity index (χ4n) is 3.02. The highest BCUT2D eigenvalue weighted by Crippen LogP contribution is 2.16. The lowest BCUT2D eigenvalue weighted by Crippen LogP contribution is -2.52. The first-order chi connectivity index (χ1) is 12.0. The molecule has 1 aromatic rings. The average molecular weight is 351 g/mol. The molecule has 1 N–H and O–H groups in total. The monoisotopic (exact) mass is 350 g/mol. The van der Waals surface area contributed by atoms with E-state index in [1.54, 1.807) is 0 Å². The van der Waals surface area contributed by atoms with Gasteiger partial charge in [-0.25, -0.2) is 4.79 Å². The van der Waals surface area contributed by atoms with Crippen LogP contribution in [0.4, 0.5) is 0 Å². The summed E-state index contributed by atoms with van der Waals surface area (Å²) in [4.78, 5) is 11.4. The van der Waals surface area contributed by atoms with E-state index in [0.29, 0.717) is 4.48 Å². The summed E-state index contributed by atoms with van der Waals surface area (Å²) in [7, 11) is 4.02. The van der Waals surface area contributed by atoms with Gasteiger partial charge in [0.05, 0.1) is 27.2 Å². The zero-order valence-electron chi connectivity index (χ0n) is 16.2. The second-order valence-electron chi connectivity index (χ2n) is 7.37. The van der Waals surface area contributed by atoms with Gasteiger partial charge < -0.3 is 14.3 Å². The first-order valence-electron chi connectivity index (χ1n) is 9.70. The quantitative estimate of drug-likeness (QED) is 0.389. The van der Waals surface area contributed by atoms with Crippen LogP contribution in [0.1, 0.15) is 58.3 Å². The van der Waals surface area contributed by atoms with Crippen LogP contribution in [0.25, 0.3) is 0 Å². The van der Waals surface area contributed by atoms with E-state index in [1.165, 1.54) is 25.7 Å². The Kier molecular flexibility index (Phi) is 10.2. The summed E-state index contributed by atoms with van der Waals surface area (Å²) in [6.07, 6.45) is 8.88. The van der Waals surface area contributed by atoms with E-state index in [4.69, 9.17) is 4.74 Å². The number of unbranched alkanes of at least 4 members (excludes halogenated alkanes) is 6. The van der Waals surface area contributed by atoms with E-state index in [2.05, 4.69) is 6.92 Å². The van der Waals surface area contributed by atoms with Gasteiger partial charge >= 0.3 is 5.97 Å². The zero-order valence-corrected chi connectivity index (χ0v) is 16.2. The molecule has 0 radical (unpaired) electrons. The minimum atomic E-state index is -0.662. The molecule has 0 aliphatic carbocycles. The topological polar surface area (TPSA) is 46.5 Å². The van der Waals surface area contributed by atoms with Crippen molar-refractivity contribution in [1.82, 2.24) is 0 Å². The van der Waals surface area contributed by atoms with Crippen molar-refractivity contribution in [2.75, 3.05) is 27.2 Å². The van der Waals surface area contributed by atoms with Crippen molar-refractivity contribution in [2.24, 2.45) is 0 Å². The lowest BCUT2D eigenvalue weighted by Gasteiger charge is -2.34. The Hall–Kier alpha value is -1.55. The number of benzene rings is 1. The maximum atomic E-state index is 11.4. The summed E-state index contributed by atoms with van der Waals surface area (Å²) >= 11 is 0. The van der Waals surface area contributed by atoms with Crippen LogP contribution in [0.15, 0.2) is 30.3 Å². The summed E-state index contributed by atoms with van der Waals surface area (Å²) in [6.45, 7) is 3.69. The number of quaternary nitrogens is 1. The van der Waals surface area contributed by atoms with Crippen molar-refractivity contribution < 1.29 is 19.1 Å². The van der Waals surface area contributed by atoms with Gasteiger partial charge in [0.1, 0.15) is 5.75 Å². The molecule has 0 aromatic heterocycles. The number of aliphatic carboxylic acids is 1. The third-order valence-electron chi connectivity index (χ3n) is 5.08. The van der Waals surface area contributed by atoms with Crippen molar-refractivity contribution >= 4 is 5.97 Å². The number of hydrogen-bond donors (Lipinski definition) is 1. The van der Waals surface area contributed by atoms with Crippen LogP contribution in [-0.4, -0.2) is 48.8 Å². The smallest absolute Gasteiger partial charge is 0.362 e. The molecule has 0 bridgehead atoms. The van der Waals surface area contributed by atoms with E-state index < -0.39 is 5.97 Å². The normalized spacial score (nSPS) is 12.8. The fourth-order valence-corrected chi connectivity index (χ4v) is 3.02. The minimum absolute atomic E-state index is 0.278. The van der Waals surface area contributed by atoms with E-state index in [-0.39, 0.29) is 6.04 Å². The Balaban J connectivity index is 2.00. The van der Waals surface area contributed by atoms with Crippen molar-refractivity contribution in [3.05, 3.63) is 30.3 Å². The van der Waals surface area contributed by atoms with Crippen LogP contribution in [0.2, 0.25) is 0 Å². The number of rotatable bonds is 14. The number of likely N-dealkylation sites (N-methyl/N-ethyl adjacent to an activating group) is 1. The van der Waals surface area contributed by atoms with Gasteiger partial charge in [0.25, 0.3) is 0 Å². The average Bonchev–Trinajstić information content (AvgIpc) is 2.60. The third kappa shape index (κ3) is 8.92. The molecular formula is C21H36NO3+. The molecule has 0 spiro atoms. The summed E-state index contributed by atoms with van der Waals surface area (Å²) in [5, 5.41) is 9.42. The van der Waals surface area contributed by atoms with Gasteiger partial charge in [-0.2, -0.15) is 0 Å². The largest absolute Gasteiger partial charge is 0.494 e. The molecule has 4 heteroatoms. The molecule has 1 unspecified atom stereocenters. The molecule has 1 atom stereocenters. The molecule has 4 nitrogen and oxygen atoms in total. The number of carboxylic acids is 1. The second kappa shape index (κ2) is 11.9. The Morgan fingerprint density at radius 3 is 2.12 bits per heavy atom. The predicted octanol–water partition coefficient (Wildman–Crippen LogP) is 4.74. The van der Waals surface area contributed by atoms with Crippen molar-refractivity contribution in [3.8, 4) is 5.75 Å². The lowest BCUT2D eigenvalue weighted by atomic mass is 10.0. The van der Waals surface area contributed by atoms with Gasteiger partial charge in [-0.05, 0) is 31.9 Å². The molecule has 0 aliphatic heterocycles. The highest BCUT2D eigenvalue weighted by atomic mass is 16.5. The van der Waals surface area contributed by atoms with E-state index in [1.807, 2.05) is 44.4 Å². The van der Waals surface area contributed by atoms with E-state index in [9.17, 15) is 9.90 Å². The van der Waals surface area contributed by atoms with Gasteiger partial charge in [0, 0.05) is 6.42 Å². The standard InChI is InChI=1S/C21H35NO3/c1-4-22(2,3)20(21(23)24)17-13-8-6-5-7-9-14-18-25-19-15-11-10-12-16-19/h10-12,15-16,20H,4-9,13-14,17-18H2,1-3H3/p+1. The van der Waals surface area contributed by atoms with Crippen LogP contribution in [0.3, 0.4) is 0 Å². The second-order valence-corrected chi connectivity index (χ2v) is 7.37. The van der Waals surface area contributed by atoms with Gasteiger partial charge in [-0.15, -0.1) is 0 Å². The van der Waals surface area contributed by atoms with Gasteiger partial charge in [-0.1, -0.05) is 50.3 Å². The van der Waals surface area contributed by atoms with Crippen LogP contribution in [-0.2, 0) is 4.79 Å². The highest BCUT2D eigenvalue weighted by molar-refractivity contribution is 5.72. The Morgan fingerprint density at radius 1 is 1.00 bits per heavy atom. The first-order valence-corrected chi connectivity index (χ1v) is 9.70. The summed E-state index contributed by atoms with van der Waals surface area (Å²) in [5.74, 6) is 0.286. The number of carboxylic acid groups (broad SMARTS) is 1. The van der Waals surface area contributed by atoms with E-state index >= 15 is 0 Å². The first kappa shape index (κ1) is 21.5. The summed E-state index contributed by atoms with van der Waals surface area (Å²) < 4.78 is 6.25. The number of ether oxygens (including phenoxy) is 1. The van der Waals surface area contributed by atoms with Gasteiger partial charge in [-0.3, -0.25) is 0 Å². The van der Waals surface area contributed by atoms with Gasteiger partial charge in [0.15, 0.2) is 6.04 Å².